The summed E-state index contributed by atoms with van der Waals surface area (Å²) in [6.45, 7) is 5.98. The zero-order valence-corrected chi connectivity index (χ0v) is 14.8. The number of benzene rings is 1. The van der Waals surface area contributed by atoms with Crippen LogP contribution in [0.25, 0.3) is 0 Å². The number of piperidine rings is 1. The Kier molecular flexibility index (Phi) is 5.86. The molecule has 24 heavy (non-hydrogen) atoms. The molecule has 0 saturated carbocycles. The highest BCUT2D eigenvalue weighted by Gasteiger charge is 2.27. The van der Waals surface area contributed by atoms with E-state index in [1.54, 1.807) is 4.31 Å². The Morgan fingerprint density at radius 3 is 2.46 bits per heavy atom. The molecule has 1 N–H and O–H groups in total. The second kappa shape index (κ2) is 7.91. The first-order chi connectivity index (χ1) is 11.6. The van der Waals surface area contributed by atoms with Crippen LogP contribution in [0.1, 0.15) is 19.3 Å². The molecular weight excluding hydrogens is 329 g/mol. The van der Waals surface area contributed by atoms with Crippen molar-refractivity contribution in [3.05, 3.63) is 30.1 Å². The molecule has 0 bridgehead atoms. The Morgan fingerprint density at radius 1 is 1.04 bits per heavy atom. The van der Waals surface area contributed by atoms with Crippen molar-refractivity contribution in [3.8, 4) is 0 Å². The summed E-state index contributed by atoms with van der Waals surface area (Å²) in [4.78, 5) is 2.58. The van der Waals surface area contributed by atoms with E-state index in [4.69, 9.17) is 0 Å². The molecule has 7 heteroatoms. The lowest BCUT2D eigenvalue weighted by Gasteiger charge is -2.29. The van der Waals surface area contributed by atoms with Gasteiger partial charge in [-0.15, -0.1) is 0 Å². The van der Waals surface area contributed by atoms with Gasteiger partial charge in [0.2, 0.25) is 10.0 Å². The molecule has 0 aromatic heterocycles. The molecule has 2 aliphatic heterocycles. The highest BCUT2D eigenvalue weighted by molar-refractivity contribution is 7.89. The number of nitrogens with one attached hydrogen (secondary N) is 1. The molecule has 2 heterocycles. The summed E-state index contributed by atoms with van der Waals surface area (Å²) < 4.78 is 40.0. The van der Waals surface area contributed by atoms with Crippen LogP contribution in [0, 0.1) is 11.7 Å². The first kappa shape index (κ1) is 17.8. The van der Waals surface area contributed by atoms with Gasteiger partial charge in [0, 0.05) is 26.2 Å². The number of hydrogen-bond acceptors (Lipinski definition) is 4. The van der Waals surface area contributed by atoms with E-state index in [0.717, 1.165) is 39.1 Å². The maximum atomic E-state index is 13.0. The Bertz CT molecular complexity index is 630. The van der Waals surface area contributed by atoms with Gasteiger partial charge >= 0.3 is 0 Å². The van der Waals surface area contributed by atoms with E-state index >= 15 is 0 Å². The molecule has 134 valence electrons. The third-order valence-corrected chi connectivity index (χ3v) is 6.89. The number of nitrogens with zero attached hydrogens (tertiary/aromatic N) is 2. The van der Waals surface area contributed by atoms with Crippen LogP contribution in [0.15, 0.2) is 29.2 Å². The predicted octanol–water partition coefficient (Wildman–Crippen LogP) is 1.52. The minimum atomic E-state index is -3.53. The van der Waals surface area contributed by atoms with E-state index in [1.807, 2.05) is 0 Å². The van der Waals surface area contributed by atoms with Gasteiger partial charge in [-0.2, -0.15) is 4.31 Å². The van der Waals surface area contributed by atoms with Crippen LogP contribution in [-0.4, -0.2) is 63.4 Å². The SMILES string of the molecule is O=S(=O)(c1ccc(F)cc1)N1CCCN(CC2CCNCC2)CC1. The monoisotopic (exact) mass is 355 g/mol. The van der Waals surface area contributed by atoms with Crippen molar-refractivity contribution in [2.45, 2.75) is 24.2 Å². The second-order valence-electron chi connectivity index (χ2n) is 6.71. The van der Waals surface area contributed by atoms with E-state index < -0.39 is 15.8 Å². The fraction of sp³-hybridized carbons (Fsp3) is 0.647. The summed E-state index contributed by atoms with van der Waals surface area (Å²) in [5.41, 5.74) is 0. The first-order valence-electron chi connectivity index (χ1n) is 8.74. The van der Waals surface area contributed by atoms with Gasteiger partial charge in [-0.1, -0.05) is 0 Å². The van der Waals surface area contributed by atoms with Crippen molar-refractivity contribution in [2.75, 3.05) is 45.8 Å². The van der Waals surface area contributed by atoms with Gasteiger partial charge in [-0.25, -0.2) is 12.8 Å². The molecule has 1 aromatic carbocycles. The van der Waals surface area contributed by atoms with Crippen molar-refractivity contribution < 1.29 is 12.8 Å². The van der Waals surface area contributed by atoms with Crippen LogP contribution in [0.3, 0.4) is 0 Å². The summed E-state index contributed by atoms with van der Waals surface area (Å²) in [7, 11) is -3.53. The molecule has 5 nitrogen and oxygen atoms in total. The first-order valence-corrected chi connectivity index (χ1v) is 10.2. The lowest BCUT2D eigenvalue weighted by atomic mass is 9.97. The average Bonchev–Trinajstić information content (AvgIpc) is 2.82. The smallest absolute Gasteiger partial charge is 0.243 e. The lowest BCUT2D eigenvalue weighted by Crippen LogP contribution is -2.39. The fourth-order valence-corrected chi connectivity index (χ4v) is 5.02. The summed E-state index contributed by atoms with van der Waals surface area (Å²) in [6.07, 6.45) is 3.24. The molecule has 0 aliphatic carbocycles. The highest BCUT2D eigenvalue weighted by Crippen LogP contribution is 2.20. The van der Waals surface area contributed by atoms with Gasteiger partial charge in [0.15, 0.2) is 0 Å². The van der Waals surface area contributed by atoms with E-state index in [-0.39, 0.29) is 4.90 Å². The number of sulfonamides is 1. The Labute approximate surface area is 143 Å². The van der Waals surface area contributed by atoms with Gasteiger partial charge in [0.05, 0.1) is 4.90 Å². The molecule has 2 saturated heterocycles. The molecule has 0 unspecified atom stereocenters. The third-order valence-electron chi connectivity index (χ3n) is 4.97. The quantitative estimate of drug-likeness (QED) is 0.890. The Morgan fingerprint density at radius 2 is 1.75 bits per heavy atom. The average molecular weight is 355 g/mol. The molecular formula is C17H26FN3O2S. The molecule has 1 aromatic rings. The van der Waals surface area contributed by atoms with Crippen LogP contribution < -0.4 is 5.32 Å². The zero-order valence-electron chi connectivity index (χ0n) is 14.0. The van der Waals surface area contributed by atoms with E-state index in [1.165, 1.54) is 37.1 Å². The summed E-state index contributed by atoms with van der Waals surface area (Å²) in [6, 6.07) is 5.10. The van der Waals surface area contributed by atoms with Gasteiger partial charge in [-0.3, -0.25) is 0 Å². The fourth-order valence-electron chi connectivity index (χ4n) is 3.56. The Hall–Kier alpha value is -1.02. The van der Waals surface area contributed by atoms with Crippen LogP contribution in [0.2, 0.25) is 0 Å². The van der Waals surface area contributed by atoms with Crippen molar-refractivity contribution in [1.82, 2.24) is 14.5 Å². The molecule has 3 rings (SSSR count). The van der Waals surface area contributed by atoms with Crippen molar-refractivity contribution in [1.29, 1.82) is 0 Å². The van der Waals surface area contributed by atoms with Gasteiger partial charge in [0.1, 0.15) is 5.82 Å². The molecule has 0 atom stereocenters. The predicted molar refractivity (Wildman–Crippen MR) is 91.8 cm³/mol. The van der Waals surface area contributed by atoms with Crippen molar-refractivity contribution in [3.63, 3.8) is 0 Å². The topological polar surface area (TPSA) is 52.7 Å². The normalized spacial score (nSPS) is 22.4. The van der Waals surface area contributed by atoms with Crippen LogP contribution in [-0.2, 0) is 10.0 Å². The molecule has 2 fully saturated rings. The summed E-state index contributed by atoms with van der Waals surface area (Å²) >= 11 is 0. The second-order valence-corrected chi connectivity index (χ2v) is 8.64. The highest BCUT2D eigenvalue weighted by atomic mass is 32.2. The maximum Gasteiger partial charge on any atom is 0.243 e. The van der Waals surface area contributed by atoms with Crippen molar-refractivity contribution in [2.24, 2.45) is 5.92 Å². The summed E-state index contributed by atoms with van der Waals surface area (Å²) in [5, 5.41) is 3.38. The summed E-state index contributed by atoms with van der Waals surface area (Å²) in [5.74, 6) is 0.296. The van der Waals surface area contributed by atoms with Crippen LogP contribution >= 0.6 is 0 Å². The molecule has 0 amide bonds. The minimum Gasteiger partial charge on any atom is -0.317 e. The molecule has 2 aliphatic rings. The molecule has 0 spiro atoms. The minimum absolute atomic E-state index is 0.177. The van der Waals surface area contributed by atoms with E-state index in [9.17, 15) is 12.8 Å². The number of rotatable bonds is 4. The largest absolute Gasteiger partial charge is 0.317 e. The standard InChI is InChI=1S/C17H26FN3O2S/c18-16-2-4-17(5-3-16)24(22,23)21-11-1-10-20(12-13-21)14-15-6-8-19-9-7-15/h2-5,15,19H,1,6-14H2. The number of halogens is 1. The lowest BCUT2D eigenvalue weighted by molar-refractivity contribution is 0.213. The van der Waals surface area contributed by atoms with Gasteiger partial charge in [0.25, 0.3) is 0 Å². The van der Waals surface area contributed by atoms with Crippen LogP contribution in [0.4, 0.5) is 4.39 Å². The molecule has 0 radical (unpaired) electrons. The number of hydrogen-bond donors (Lipinski definition) is 1. The Balaban J connectivity index is 1.61. The van der Waals surface area contributed by atoms with E-state index in [0.29, 0.717) is 19.0 Å². The van der Waals surface area contributed by atoms with Gasteiger partial charge in [-0.05, 0) is 69.1 Å². The van der Waals surface area contributed by atoms with Crippen LogP contribution in [0.5, 0.6) is 0 Å². The maximum absolute atomic E-state index is 13.0. The van der Waals surface area contributed by atoms with Gasteiger partial charge < -0.3 is 10.2 Å². The third kappa shape index (κ3) is 4.33. The zero-order chi connectivity index (χ0) is 17.0. The van der Waals surface area contributed by atoms with Crippen molar-refractivity contribution >= 4 is 10.0 Å². The van der Waals surface area contributed by atoms with E-state index in [2.05, 4.69) is 10.2 Å².